The van der Waals surface area contributed by atoms with E-state index in [0.717, 1.165) is 5.56 Å². The molecule has 0 aromatic heterocycles. The molecule has 3 aromatic rings. The van der Waals surface area contributed by atoms with Crippen molar-refractivity contribution in [1.82, 2.24) is 4.90 Å². The second-order valence-electron chi connectivity index (χ2n) is 12.5. The van der Waals surface area contributed by atoms with Gasteiger partial charge in [0.1, 0.15) is 20.3 Å². The summed E-state index contributed by atoms with van der Waals surface area (Å²) < 4.78 is 6.28. The van der Waals surface area contributed by atoms with Crippen molar-refractivity contribution in [2.75, 3.05) is 0 Å². The fourth-order valence-corrected chi connectivity index (χ4v) is 5.65. The lowest BCUT2D eigenvalue weighted by molar-refractivity contribution is -0.160. The summed E-state index contributed by atoms with van der Waals surface area (Å²) in [4.78, 5) is 15.9. The van der Waals surface area contributed by atoms with E-state index >= 15 is 0 Å². The molecule has 1 N–H and O–H groups in total. The zero-order chi connectivity index (χ0) is 30.3. The van der Waals surface area contributed by atoms with E-state index in [-0.39, 0.29) is 6.04 Å². The van der Waals surface area contributed by atoms with Crippen molar-refractivity contribution in [3.8, 4) is 11.5 Å². The Morgan fingerprint density at radius 2 is 1.46 bits per heavy atom. The second kappa shape index (κ2) is 14.1. The summed E-state index contributed by atoms with van der Waals surface area (Å²) in [5.41, 5.74) is 11.6. The van der Waals surface area contributed by atoms with Crippen molar-refractivity contribution < 1.29 is 14.6 Å². The van der Waals surface area contributed by atoms with Crippen LogP contribution in [0.2, 0.25) is 19.6 Å². The van der Waals surface area contributed by atoms with Crippen molar-refractivity contribution in [3.63, 3.8) is 0 Å². The van der Waals surface area contributed by atoms with Gasteiger partial charge in [0.05, 0.1) is 5.92 Å². The molecule has 0 radical (unpaired) electrons. The van der Waals surface area contributed by atoms with Gasteiger partial charge in [-0.25, -0.2) is 0 Å². The maximum atomic E-state index is 13.5. The van der Waals surface area contributed by atoms with Gasteiger partial charge in [-0.2, -0.15) is 0 Å². The highest BCUT2D eigenvalue weighted by Gasteiger charge is 2.32. The van der Waals surface area contributed by atoms with Crippen LogP contribution in [-0.2, 0) is 22.6 Å². The highest BCUT2D eigenvalue weighted by molar-refractivity contribution is 6.83. The minimum absolute atomic E-state index is 0.154. The molecule has 0 saturated heterocycles. The van der Waals surface area contributed by atoms with Crippen molar-refractivity contribution in [2.45, 2.75) is 92.5 Å². The molecular weight excluding hydrogens is 522 g/mol. The molecule has 0 aliphatic rings. The Morgan fingerprint density at radius 1 is 0.878 bits per heavy atom. The van der Waals surface area contributed by atoms with Gasteiger partial charge in [0, 0.05) is 19.1 Å². The number of carbonyl (C=O) groups is 1. The van der Waals surface area contributed by atoms with Crippen LogP contribution in [0.25, 0.3) is 0 Å². The van der Waals surface area contributed by atoms with E-state index in [1.165, 1.54) is 33.4 Å². The van der Waals surface area contributed by atoms with Crippen LogP contribution in [-0.4, -0.2) is 36.2 Å². The first-order valence-corrected chi connectivity index (χ1v) is 18.1. The number of hydrogen-bond acceptors (Lipinski definition) is 4. The highest BCUT2D eigenvalue weighted by Crippen LogP contribution is 2.31. The van der Waals surface area contributed by atoms with Crippen LogP contribution in [0.3, 0.4) is 0 Å². The zero-order valence-corrected chi connectivity index (χ0v) is 27.3. The first-order chi connectivity index (χ1) is 19.3. The SMILES string of the molecule is Cc1cc(C)c(CN(Cc2ccccc2C)[C@@H](C)[C@H](OC(=O)[C@H](C)[C@H](O)C#C[Si](C)(C)C)c2ccccc2)c(C)c1. The molecule has 0 spiro atoms. The van der Waals surface area contributed by atoms with Gasteiger partial charge < -0.3 is 9.84 Å². The van der Waals surface area contributed by atoms with Gasteiger partial charge in [-0.1, -0.05) is 97.9 Å². The van der Waals surface area contributed by atoms with Gasteiger partial charge in [-0.05, 0) is 74.9 Å². The molecule has 4 nitrogen and oxygen atoms in total. The molecular formula is C36H47NO3Si. The van der Waals surface area contributed by atoms with Crippen molar-refractivity contribution >= 4 is 14.0 Å². The predicted octanol–water partition coefficient (Wildman–Crippen LogP) is 7.47. The quantitative estimate of drug-likeness (QED) is 0.156. The molecule has 3 rings (SSSR count). The monoisotopic (exact) mass is 569 g/mol. The standard InChI is InChI=1S/C36H47NO3Si/c1-25-21-27(3)33(28(4)22-25)24-37(23-32-18-14-13-15-26(32)2)30(6)35(31-16-11-10-12-17-31)40-36(39)29(5)34(38)19-20-41(7,8)9/h10-18,21-22,29-30,34-35,38H,23-24H2,1-9H3/t29-,30+,34-,35+/m1/s1. The number of esters is 1. The van der Waals surface area contributed by atoms with Crippen LogP contribution in [0.4, 0.5) is 0 Å². The number of carbonyl (C=O) groups excluding carboxylic acids is 1. The number of nitrogens with zero attached hydrogens (tertiary/aromatic N) is 1. The lowest BCUT2D eigenvalue weighted by Crippen LogP contribution is -2.40. The molecule has 0 saturated carbocycles. The molecule has 0 aliphatic heterocycles. The summed E-state index contributed by atoms with van der Waals surface area (Å²) in [6, 6.07) is 22.7. The van der Waals surface area contributed by atoms with E-state index < -0.39 is 32.2 Å². The maximum absolute atomic E-state index is 13.5. The number of ether oxygens (including phenoxy) is 1. The van der Waals surface area contributed by atoms with Crippen LogP contribution in [0.15, 0.2) is 66.7 Å². The van der Waals surface area contributed by atoms with Gasteiger partial charge in [0.2, 0.25) is 0 Å². The van der Waals surface area contributed by atoms with E-state index in [1.54, 1.807) is 6.92 Å². The number of aryl methyl sites for hydroxylation is 4. The summed E-state index contributed by atoms with van der Waals surface area (Å²) in [5.74, 6) is 1.71. The summed E-state index contributed by atoms with van der Waals surface area (Å²) in [7, 11) is -1.69. The third-order valence-corrected chi connectivity index (χ3v) is 8.56. The molecule has 0 amide bonds. The van der Waals surface area contributed by atoms with Crippen LogP contribution in [0.1, 0.15) is 58.9 Å². The number of aliphatic hydroxyl groups is 1. The summed E-state index contributed by atoms with van der Waals surface area (Å²) in [5, 5.41) is 10.7. The van der Waals surface area contributed by atoms with Crippen LogP contribution in [0, 0.1) is 45.1 Å². The molecule has 0 aliphatic carbocycles. The smallest absolute Gasteiger partial charge is 0.312 e. The average Bonchev–Trinajstić information content (AvgIpc) is 2.91. The lowest BCUT2D eigenvalue weighted by atomic mass is 9.96. The third kappa shape index (κ3) is 9.16. The van der Waals surface area contributed by atoms with E-state index in [9.17, 15) is 9.90 Å². The van der Waals surface area contributed by atoms with Gasteiger partial charge in [-0.15, -0.1) is 5.54 Å². The van der Waals surface area contributed by atoms with Crippen LogP contribution in [0.5, 0.6) is 0 Å². The number of hydrogen-bond donors (Lipinski definition) is 1. The first kappa shape index (κ1) is 32.3. The van der Waals surface area contributed by atoms with Crippen molar-refractivity contribution in [3.05, 3.63) is 106 Å². The van der Waals surface area contributed by atoms with Crippen molar-refractivity contribution in [2.24, 2.45) is 5.92 Å². The number of aliphatic hydroxyl groups excluding tert-OH is 1. The largest absolute Gasteiger partial charge is 0.456 e. The number of benzene rings is 3. The molecule has 4 atom stereocenters. The Hall–Kier alpha value is -3.17. The first-order valence-electron chi connectivity index (χ1n) is 14.6. The normalized spacial score (nSPS) is 14.5. The van der Waals surface area contributed by atoms with Gasteiger partial charge in [0.15, 0.2) is 0 Å². The molecule has 0 unspecified atom stereocenters. The minimum Gasteiger partial charge on any atom is -0.456 e. The van der Waals surface area contributed by atoms with Crippen molar-refractivity contribution in [1.29, 1.82) is 0 Å². The number of rotatable bonds is 10. The summed E-state index contributed by atoms with van der Waals surface area (Å²) in [6.07, 6.45) is -1.60. The second-order valence-corrected chi connectivity index (χ2v) is 17.2. The highest BCUT2D eigenvalue weighted by atomic mass is 28.3. The molecule has 3 aromatic carbocycles. The Morgan fingerprint density at radius 3 is 2.05 bits per heavy atom. The van der Waals surface area contributed by atoms with Crippen LogP contribution < -0.4 is 0 Å². The zero-order valence-electron chi connectivity index (χ0n) is 26.3. The molecule has 0 heterocycles. The van der Waals surface area contributed by atoms with E-state index in [4.69, 9.17) is 4.74 Å². The maximum Gasteiger partial charge on any atom is 0.312 e. The fourth-order valence-electron chi connectivity index (χ4n) is 5.07. The molecule has 5 heteroatoms. The summed E-state index contributed by atoms with van der Waals surface area (Å²) in [6.45, 7) is 20.2. The van der Waals surface area contributed by atoms with Gasteiger partial charge >= 0.3 is 5.97 Å². The summed E-state index contributed by atoms with van der Waals surface area (Å²) >= 11 is 0. The van der Waals surface area contributed by atoms with E-state index in [1.807, 2.05) is 30.3 Å². The Bertz CT molecular complexity index is 1360. The van der Waals surface area contributed by atoms with E-state index in [2.05, 4.69) is 107 Å². The Labute approximate surface area is 248 Å². The predicted molar refractivity (Wildman–Crippen MR) is 172 cm³/mol. The molecule has 218 valence electrons. The minimum atomic E-state index is -1.69. The topological polar surface area (TPSA) is 49.8 Å². The fraction of sp³-hybridized carbons (Fsp3) is 0.417. The molecule has 0 fully saturated rings. The molecule has 0 bridgehead atoms. The Kier molecular flexibility index (Phi) is 11.2. The third-order valence-electron chi connectivity index (χ3n) is 7.66. The van der Waals surface area contributed by atoms with Gasteiger partial charge in [0.25, 0.3) is 0 Å². The Balaban J connectivity index is 2.00. The lowest BCUT2D eigenvalue weighted by Gasteiger charge is -2.36. The average molecular weight is 570 g/mol. The molecule has 41 heavy (non-hydrogen) atoms. The van der Waals surface area contributed by atoms with E-state index in [0.29, 0.717) is 13.1 Å². The van der Waals surface area contributed by atoms with Gasteiger partial charge in [-0.3, -0.25) is 9.69 Å². The van der Waals surface area contributed by atoms with Crippen LogP contribution >= 0.6 is 0 Å².